The first-order chi connectivity index (χ1) is 6.88. The van der Waals surface area contributed by atoms with Gasteiger partial charge < -0.3 is 5.73 Å². The summed E-state index contributed by atoms with van der Waals surface area (Å²) in [5.74, 6) is 0. The molecule has 0 amide bonds. The fourth-order valence-electron chi connectivity index (χ4n) is 1.38. The molecule has 2 N–H and O–H groups in total. The molecule has 0 aliphatic carbocycles. The first kappa shape index (κ1) is 10.2. The Kier molecular flexibility index (Phi) is 2.11. The number of hydrogen-bond acceptors (Lipinski definition) is 3. The maximum Gasteiger partial charge on any atom is 0.418 e. The molecule has 0 atom stereocenters. The molecule has 1 aromatic heterocycles. The number of alkyl halides is 3. The lowest BCUT2D eigenvalue weighted by molar-refractivity contribution is -0.136. The smallest absolute Gasteiger partial charge is 0.399 e. The van der Waals surface area contributed by atoms with E-state index in [1.807, 2.05) is 0 Å². The number of nitrogens with two attached hydrogens (primary N) is 1. The second-order valence-electron chi connectivity index (χ2n) is 3.15. The molecule has 1 heterocycles. The Morgan fingerprint density at radius 2 is 2.00 bits per heavy atom. The lowest BCUT2D eigenvalue weighted by Crippen LogP contribution is -2.06. The summed E-state index contributed by atoms with van der Waals surface area (Å²) in [6, 6.07) is 2.43. The van der Waals surface area contributed by atoms with E-state index in [9.17, 15) is 13.2 Å². The predicted octanol–water partition coefficient (Wildman–Crippen LogP) is 3.21. The molecule has 80 valence electrons. The van der Waals surface area contributed by atoms with Gasteiger partial charge >= 0.3 is 6.18 Å². The second kappa shape index (κ2) is 3.10. The lowest BCUT2D eigenvalue weighted by Gasteiger charge is -2.07. The minimum Gasteiger partial charge on any atom is -0.399 e. The van der Waals surface area contributed by atoms with Crippen LogP contribution in [-0.4, -0.2) is 4.98 Å². The van der Waals surface area contributed by atoms with Crippen molar-refractivity contribution in [1.82, 2.24) is 4.98 Å². The number of aromatic nitrogens is 1. The molecule has 0 aliphatic heterocycles. The molecule has 2 rings (SSSR count). The van der Waals surface area contributed by atoms with Gasteiger partial charge in [-0.05, 0) is 19.1 Å². The highest BCUT2D eigenvalue weighted by Crippen LogP contribution is 2.37. The predicted molar refractivity (Wildman–Crippen MR) is 53.8 cm³/mol. The van der Waals surface area contributed by atoms with Gasteiger partial charge in [-0.1, -0.05) is 0 Å². The quantitative estimate of drug-likeness (QED) is 0.708. The molecule has 0 saturated heterocycles. The molecule has 0 radical (unpaired) electrons. The molecule has 6 heteroatoms. The number of anilines is 1. The number of halogens is 3. The van der Waals surface area contributed by atoms with Crippen molar-refractivity contribution in [2.75, 3.05) is 5.73 Å². The number of hydrogen-bond donors (Lipinski definition) is 1. The molecule has 0 bridgehead atoms. The van der Waals surface area contributed by atoms with Crippen molar-refractivity contribution in [3.63, 3.8) is 0 Å². The van der Waals surface area contributed by atoms with Crippen molar-refractivity contribution in [3.8, 4) is 0 Å². The summed E-state index contributed by atoms with van der Waals surface area (Å²) in [6.45, 7) is 1.67. The van der Waals surface area contributed by atoms with Crippen molar-refractivity contribution < 1.29 is 13.2 Å². The zero-order valence-electron chi connectivity index (χ0n) is 7.72. The summed E-state index contributed by atoms with van der Waals surface area (Å²) in [5, 5.41) is 0.598. The van der Waals surface area contributed by atoms with E-state index < -0.39 is 11.7 Å². The molecule has 0 aliphatic rings. The minimum atomic E-state index is -4.41. The van der Waals surface area contributed by atoms with Gasteiger partial charge in [-0.15, -0.1) is 11.3 Å². The highest BCUT2D eigenvalue weighted by atomic mass is 32.1. The number of benzene rings is 1. The van der Waals surface area contributed by atoms with Crippen LogP contribution in [0.4, 0.5) is 18.9 Å². The Morgan fingerprint density at radius 1 is 1.33 bits per heavy atom. The Morgan fingerprint density at radius 3 is 2.60 bits per heavy atom. The van der Waals surface area contributed by atoms with E-state index in [4.69, 9.17) is 5.73 Å². The van der Waals surface area contributed by atoms with E-state index in [2.05, 4.69) is 4.98 Å². The molecule has 2 aromatic rings. The van der Waals surface area contributed by atoms with Crippen LogP contribution >= 0.6 is 11.3 Å². The number of nitrogen functional groups attached to an aromatic ring is 1. The highest BCUT2D eigenvalue weighted by molar-refractivity contribution is 7.18. The minimum absolute atomic E-state index is 0.0146. The van der Waals surface area contributed by atoms with Crippen molar-refractivity contribution in [1.29, 1.82) is 0 Å². The van der Waals surface area contributed by atoms with Gasteiger partial charge in [-0.2, -0.15) is 13.2 Å². The lowest BCUT2D eigenvalue weighted by atomic mass is 10.1. The number of rotatable bonds is 0. The highest BCUT2D eigenvalue weighted by Gasteiger charge is 2.34. The van der Waals surface area contributed by atoms with Gasteiger partial charge in [0.15, 0.2) is 0 Å². The number of nitrogens with zero attached hydrogens (tertiary/aromatic N) is 1. The third-order valence-electron chi connectivity index (χ3n) is 1.93. The van der Waals surface area contributed by atoms with Crippen LogP contribution in [0.1, 0.15) is 10.6 Å². The number of fused-ring (bicyclic) bond motifs is 1. The Hall–Kier alpha value is -1.30. The number of aryl methyl sites for hydroxylation is 1. The van der Waals surface area contributed by atoms with Crippen molar-refractivity contribution in [2.45, 2.75) is 13.1 Å². The van der Waals surface area contributed by atoms with Crippen LogP contribution in [0.5, 0.6) is 0 Å². The summed E-state index contributed by atoms with van der Waals surface area (Å²) in [5.41, 5.74) is 4.74. The van der Waals surface area contributed by atoms with Crippen LogP contribution in [0.3, 0.4) is 0 Å². The van der Waals surface area contributed by atoms with Crippen molar-refractivity contribution >= 4 is 27.2 Å². The summed E-state index contributed by atoms with van der Waals surface area (Å²) >= 11 is 1.21. The standard InChI is InChI=1S/C9H7F3N2S/c1-4-14-8-6(9(10,11)12)2-5(13)3-7(8)15-4/h2-3H,13H2,1H3. The van der Waals surface area contributed by atoms with Gasteiger partial charge in [0.1, 0.15) is 0 Å². The molecule has 0 spiro atoms. The van der Waals surface area contributed by atoms with Crippen LogP contribution in [0.25, 0.3) is 10.2 Å². The summed E-state index contributed by atoms with van der Waals surface area (Å²) in [6.07, 6.45) is -4.41. The van der Waals surface area contributed by atoms with Crippen LogP contribution in [0.15, 0.2) is 12.1 Å². The van der Waals surface area contributed by atoms with E-state index in [0.717, 1.165) is 6.07 Å². The molecule has 0 unspecified atom stereocenters. The van der Waals surface area contributed by atoms with Crippen LogP contribution < -0.4 is 5.73 Å². The third kappa shape index (κ3) is 1.77. The Balaban J connectivity index is 2.82. The van der Waals surface area contributed by atoms with Crippen molar-refractivity contribution in [3.05, 3.63) is 22.7 Å². The monoisotopic (exact) mass is 232 g/mol. The van der Waals surface area contributed by atoms with E-state index in [-0.39, 0.29) is 11.2 Å². The molecule has 2 nitrogen and oxygen atoms in total. The average Bonchev–Trinajstić information content (AvgIpc) is 2.41. The Bertz CT molecular complexity index is 516. The van der Waals surface area contributed by atoms with Crippen molar-refractivity contribution in [2.24, 2.45) is 0 Å². The zero-order valence-corrected chi connectivity index (χ0v) is 8.54. The van der Waals surface area contributed by atoms with E-state index in [1.54, 1.807) is 6.92 Å². The Labute approximate surface area is 87.5 Å². The summed E-state index contributed by atoms with van der Waals surface area (Å²) in [4.78, 5) is 3.86. The normalized spacial score (nSPS) is 12.3. The molecule has 15 heavy (non-hydrogen) atoms. The van der Waals surface area contributed by atoms with E-state index in [1.165, 1.54) is 17.4 Å². The molecule has 0 saturated carbocycles. The second-order valence-corrected chi connectivity index (χ2v) is 4.38. The first-order valence-electron chi connectivity index (χ1n) is 4.12. The SMILES string of the molecule is Cc1nc2c(C(F)(F)F)cc(N)cc2s1. The van der Waals surface area contributed by atoms with E-state index >= 15 is 0 Å². The molecular formula is C9H7F3N2S. The van der Waals surface area contributed by atoms with E-state index in [0.29, 0.717) is 9.71 Å². The largest absolute Gasteiger partial charge is 0.418 e. The van der Waals surface area contributed by atoms with Crippen LogP contribution in [0.2, 0.25) is 0 Å². The molecule has 0 fully saturated rings. The fraction of sp³-hybridized carbons (Fsp3) is 0.222. The average molecular weight is 232 g/mol. The third-order valence-corrected chi connectivity index (χ3v) is 2.85. The van der Waals surface area contributed by atoms with Gasteiger partial charge in [0.25, 0.3) is 0 Å². The first-order valence-corrected chi connectivity index (χ1v) is 4.93. The zero-order chi connectivity index (χ0) is 11.2. The maximum atomic E-state index is 12.6. The molecular weight excluding hydrogens is 225 g/mol. The van der Waals surface area contributed by atoms with Gasteiger partial charge in [-0.3, -0.25) is 0 Å². The summed E-state index contributed by atoms with van der Waals surface area (Å²) < 4.78 is 38.3. The van der Waals surface area contributed by atoms with Gasteiger partial charge in [0.2, 0.25) is 0 Å². The van der Waals surface area contributed by atoms with Gasteiger partial charge in [0.05, 0.1) is 20.8 Å². The van der Waals surface area contributed by atoms with Gasteiger partial charge in [0, 0.05) is 5.69 Å². The van der Waals surface area contributed by atoms with Crippen LogP contribution in [0, 0.1) is 6.92 Å². The maximum absolute atomic E-state index is 12.6. The van der Waals surface area contributed by atoms with Gasteiger partial charge in [-0.25, -0.2) is 4.98 Å². The topological polar surface area (TPSA) is 38.9 Å². The van der Waals surface area contributed by atoms with Crippen LogP contribution in [-0.2, 0) is 6.18 Å². The summed E-state index contributed by atoms with van der Waals surface area (Å²) in [7, 11) is 0. The fourth-order valence-corrected chi connectivity index (χ4v) is 2.28. The number of thiazole rings is 1. The molecule has 1 aromatic carbocycles.